The van der Waals surface area contributed by atoms with Crippen molar-refractivity contribution in [3.63, 3.8) is 0 Å². The van der Waals surface area contributed by atoms with Gasteiger partial charge >= 0.3 is 11.9 Å². The zero-order valence-corrected chi connectivity index (χ0v) is 33.3. The Bertz CT molecular complexity index is 2660. The first-order valence-corrected chi connectivity index (χ1v) is 19.5. The second-order valence-corrected chi connectivity index (χ2v) is 14.2. The van der Waals surface area contributed by atoms with Gasteiger partial charge in [-0.05, 0) is 55.8 Å². The van der Waals surface area contributed by atoms with E-state index in [1.54, 1.807) is 79.2 Å². The number of amides is 1. The quantitative estimate of drug-likeness (QED) is 0.0965. The first kappa shape index (κ1) is 39.3. The number of para-hydroxylation sites is 2. The van der Waals surface area contributed by atoms with Crippen molar-refractivity contribution in [2.24, 2.45) is 4.99 Å². The lowest BCUT2D eigenvalue weighted by atomic mass is 9.96. The summed E-state index contributed by atoms with van der Waals surface area (Å²) in [5, 5.41) is 13.9. The average Bonchev–Trinajstić information content (AvgIpc) is 3.88. The molecule has 7 rings (SSSR count). The van der Waals surface area contributed by atoms with E-state index in [9.17, 15) is 9.59 Å². The lowest BCUT2D eigenvalue weighted by Gasteiger charge is -2.23. The number of esters is 2. The topological polar surface area (TPSA) is 130 Å². The molecule has 0 aliphatic carbocycles. The van der Waals surface area contributed by atoms with Gasteiger partial charge in [0, 0.05) is 16.1 Å². The molecule has 1 amide bonds. The number of halogens is 1. The summed E-state index contributed by atoms with van der Waals surface area (Å²) >= 11 is 7.69. The highest BCUT2D eigenvalue weighted by Crippen LogP contribution is 2.32. The van der Waals surface area contributed by atoms with Gasteiger partial charge in [-0.2, -0.15) is 10.2 Å². The minimum atomic E-state index is -1.16. The lowest BCUT2D eigenvalue weighted by Crippen LogP contribution is -2.35. The number of nitrogens with zero attached hydrogens (tertiary/aromatic N) is 5. The van der Waals surface area contributed by atoms with Crippen molar-refractivity contribution in [1.82, 2.24) is 24.9 Å². The molecule has 0 spiro atoms. The molecule has 0 bridgehead atoms. The molecular formula is C45H37ClN6O5S. The van der Waals surface area contributed by atoms with E-state index in [2.05, 4.69) is 5.32 Å². The van der Waals surface area contributed by atoms with Gasteiger partial charge in [0.1, 0.15) is 22.0 Å². The molecule has 11 nitrogen and oxygen atoms in total. The standard InChI is InChI=1S/C45H37ClN6O5S/c1-4-57-44(55)36(29(2)47-45-52(35-23-15-8-16-24-35)50-42(58-45)32-19-11-6-12-20-32)38(31-25-27-33(46)28-26-31)48-41(53)40-37(43(54)56-3)39(30-17-9-5-10-18-30)49-51(40)34-21-13-7-14-22-34/h5-28,38H,4H2,1-3H3,(H,48,53)/b36-29+,47-45?. The fourth-order valence-electron chi connectivity index (χ4n) is 6.33. The largest absolute Gasteiger partial charge is 0.465 e. The van der Waals surface area contributed by atoms with Crippen LogP contribution in [0.4, 0.5) is 0 Å². The van der Waals surface area contributed by atoms with E-state index in [4.69, 9.17) is 36.3 Å². The molecule has 58 heavy (non-hydrogen) atoms. The van der Waals surface area contributed by atoms with E-state index in [1.165, 1.54) is 23.1 Å². The number of carbonyl (C=O) groups is 3. The Hall–Kier alpha value is -6.89. The number of carbonyl (C=O) groups excluding carboxylic acids is 3. The number of nitrogens with one attached hydrogen (secondary N) is 1. The molecule has 7 aromatic rings. The van der Waals surface area contributed by atoms with Crippen molar-refractivity contribution in [3.8, 4) is 33.2 Å². The first-order valence-electron chi connectivity index (χ1n) is 18.3. The summed E-state index contributed by atoms with van der Waals surface area (Å²) in [5.41, 5.74) is 3.61. The van der Waals surface area contributed by atoms with E-state index < -0.39 is 23.9 Å². The number of allylic oxidation sites excluding steroid dienone is 1. The molecule has 0 saturated heterocycles. The maximum absolute atomic E-state index is 15.0. The Morgan fingerprint density at radius 2 is 1.31 bits per heavy atom. The Morgan fingerprint density at radius 1 is 0.759 bits per heavy atom. The Labute approximate surface area is 343 Å². The minimum absolute atomic E-state index is 0.0421. The fourth-order valence-corrected chi connectivity index (χ4v) is 7.42. The van der Waals surface area contributed by atoms with Crippen molar-refractivity contribution in [3.05, 3.63) is 184 Å². The molecular weight excluding hydrogens is 772 g/mol. The molecule has 13 heteroatoms. The monoisotopic (exact) mass is 808 g/mol. The molecule has 1 unspecified atom stereocenters. The molecule has 290 valence electrons. The smallest absolute Gasteiger partial charge is 0.342 e. The highest BCUT2D eigenvalue weighted by Gasteiger charge is 2.35. The number of methoxy groups -OCH3 is 1. The van der Waals surface area contributed by atoms with E-state index >= 15 is 4.79 Å². The summed E-state index contributed by atoms with van der Waals surface area (Å²) in [6.07, 6.45) is 0. The van der Waals surface area contributed by atoms with E-state index in [0.717, 1.165) is 11.3 Å². The van der Waals surface area contributed by atoms with Gasteiger partial charge < -0.3 is 14.8 Å². The molecule has 2 aromatic heterocycles. The van der Waals surface area contributed by atoms with Crippen LogP contribution in [0.25, 0.3) is 33.2 Å². The first-order chi connectivity index (χ1) is 28.3. The number of hydrogen-bond donors (Lipinski definition) is 1. The van der Waals surface area contributed by atoms with E-state index in [1.807, 2.05) is 84.9 Å². The Morgan fingerprint density at radius 3 is 1.88 bits per heavy atom. The average molecular weight is 809 g/mol. The van der Waals surface area contributed by atoms with Crippen LogP contribution in [0, 0.1) is 0 Å². The van der Waals surface area contributed by atoms with Crippen LogP contribution in [0.2, 0.25) is 5.02 Å². The second-order valence-electron chi connectivity index (χ2n) is 12.8. The molecule has 0 fully saturated rings. The molecule has 0 aliphatic heterocycles. The maximum Gasteiger partial charge on any atom is 0.342 e. The summed E-state index contributed by atoms with van der Waals surface area (Å²) in [5.74, 6) is -2.21. The fraction of sp³-hybridized carbons (Fsp3) is 0.111. The van der Waals surface area contributed by atoms with Crippen LogP contribution >= 0.6 is 22.9 Å². The normalized spacial score (nSPS) is 12.4. The maximum atomic E-state index is 15.0. The minimum Gasteiger partial charge on any atom is -0.465 e. The predicted molar refractivity (Wildman–Crippen MR) is 224 cm³/mol. The highest BCUT2D eigenvalue weighted by atomic mass is 35.5. The summed E-state index contributed by atoms with van der Waals surface area (Å²) in [6.45, 7) is 3.43. The number of rotatable bonds is 12. The van der Waals surface area contributed by atoms with Crippen LogP contribution in [0.3, 0.4) is 0 Å². The van der Waals surface area contributed by atoms with Crippen LogP contribution in [0.5, 0.6) is 0 Å². The van der Waals surface area contributed by atoms with Crippen LogP contribution in [-0.4, -0.2) is 51.1 Å². The molecule has 1 N–H and O–H groups in total. The Kier molecular flexibility index (Phi) is 12.2. The third-order valence-electron chi connectivity index (χ3n) is 9.04. The zero-order chi connectivity index (χ0) is 40.6. The van der Waals surface area contributed by atoms with Crippen LogP contribution < -0.4 is 10.1 Å². The number of aromatic nitrogens is 4. The van der Waals surface area contributed by atoms with Gasteiger partial charge in [-0.25, -0.2) is 23.9 Å². The van der Waals surface area contributed by atoms with E-state index in [-0.39, 0.29) is 34.8 Å². The van der Waals surface area contributed by atoms with Crippen molar-refractivity contribution in [1.29, 1.82) is 0 Å². The third kappa shape index (κ3) is 8.43. The second kappa shape index (κ2) is 17.9. The summed E-state index contributed by atoms with van der Waals surface area (Å²) < 4.78 is 14.0. The zero-order valence-electron chi connectivity index (χ0n) is 31.7. The SMILES string of the molecule is CCOC(=O)/C(=C(\C)N=c1sc(-c2ccccc2)nn1-c1ccccc1)C(NC(=O)c1c(C(=O)OC)c(-c2ccccc2)nn1-c1ccccc1)c1ccc(Cl)cc1. The van der Waals surface area contributed by atoms with Crippen molar-refractivity contribution >= 4 is 40.8 Å². The van der Waals surface area contributed by atoms with Crippen molar-refractivity contribution < 1.29 is 23.9 Å². The predicted octanol–water partition coefficient (Wildman–Crippen LogP) is 8.80. The van der Waals surface area contributed by atoms with Crippen LogP contribution in [-0.2, 0) is 14.3 Å². The number of benzene rings is 5. The summed E-state index contributed by atoms with van der Waals surface area (Å²) in [6, 6.07) is 42.8. The molecule has 0 radical (unpaired) electrons. The molecule has 0 saturated carbocycles. The van der Waals surface area contributed by atoms with Gasteiger partial charge in [0.2, 0.25) is 4.80 Å². The summed E-state index contributed by atoms with van der Waals surface area (Å²) in [7, 11) is 1.24. The van der Waals surface area contributed by atoms with Crippen molar-refractivity contribution in [2.45, 2.75) is 19.9 Å². The Balaban J connectivity index is 1.45. The van der Waals surface area contributed by atoms with Gasteiger partial charge in [-0.1, -0.05) is 132 Å². The number of hydrogen-bond acceptors (Lipinski definition) is 9. The highest BCUT2D eigenvalue weighted by molar-refractivity contribution is 7.12. The summed E-state index contributed by atoms with van der Waals surface area (Å²) in [4.78, 5) is 48.4. The molecule has 2 heterocycles. The molecule has 1 atom stereocenters. The van der Waals surface area contributed by atoms with Crippen LogP contribution in [0.1, 0.15) is 46.3 Å². The molecule has 5 aromatic carbocycles. The number of ether oxygens (including phenoxy) is 2. The van der Waals surface area contributed by atoms with E-state index in [0.29, 0.717) is 31.6 Å². The van der Waals surface area contributed by atoms with Crippen LogP contribution in [0.15, 0.2) is 162 Å². The van der Waals surface area contributed by atoms with Crippen molar-refractivity contribution in [2.75, 3.05) is 13.7 Å². The van der Waals surface area contributed by atoms with Gasteiger partial charge in [-0.15, -0.1) is 0 Å². The van der Waals surface area contributed by atoms with Gasteiger partial charge in [0.15, 0.2) is 0 Å². The third-order valence-corrected chi connectivity index (χ3v) is 10.2. The van der Waals surface area contributed by atoms with Gasteiger partial charge in [-0.3, -0.25) is 4.79 Å². The van der Waals surface area contributed by atoms with Gasteiger partial charge in [0.05, 0.1) is 42.4 Å². The molecule has 0 aliphatic rings. The van der Waals surface area contributed by atoms with Gasteiger partial charge in [0.25, 0.3) is 5.91 Å². The lowest BCUT2D eigenvalue weighted by molar-refractivity contribution is -0.139.